The van der Waals surface area contributed by atoms with Gasteiger partial charge in [-0.05, 0) is 29.3 Å². The van der Waals surface area contributed by atoms with Crippen LogP contribution in [0, 0.1) is 11.3 Å². The Balaban J connectivity index is 1.45. The SMILES string of the molecule is N#C/C(=C/Nc1ccc(Cl)c(C(F)(F)F)c1)C(=O)N1CCN(C(c2ccccc2)c2ccccc2)CC1. The first-order valence-corrected chi connectivity index (χ1v) is 12.0. The molecule has 0 aliphatic carbocycles. The fraction of sp³-hybridized carbons (Fsp3) is 0.214. The standard InChI is InChI=1S/C28H24ClF3N4O/c29-25-12-11-23(17-24(25)28(30,31)32)34-19-22(18-33)27(37)36-15-13-35(14-16-36)26(20-7-3-1-4-8-20)21-9-5-2-6-10-21/h1-12,17,19,26,34H,13-16H2/b22-19-. The quantitative estimate of drug-likeness (QED) is 0.312. The Hall–Kier alpha value is -3.80. The van der Waals surface area contributed by atoms with Crippen LogP contribution < -0.4 is 5.32 Å². The molecule has 0 bridgehead atoms. The highest BCUT2D eigenvalue weighted by molar-refractivity contribution is 6.31. The minimum Gasteiger partial charge on any atom is -0.360 e. The fourth-order valence-corrected chi connectivity index (χ4v) is 4.59. The first kappa shape index (κ1) is 26.3. The van der Waals surface area contributed by atoms with Crippen LogP contribution in [0.1, 0.15) is 22.7 Å². The predicted octanol–water partition coefficient (Wildman–Crippen LogP) is 6.11. The molecule has 4 rings (SSSR count). The Morgan fingerprint density at radius 3 is 2.03 bits per heavy atom. The summed E-state index contributed by atoms with van der Waals surface area (Å²) in [7, 11) is 0. The van der Waals surface area contributed by atoms with Crippen molar-refractivity contribution < 1.29 is 18.0 Å². The molecule has 0 atom stereocenters. The maximum atomic E-state index is 13.1. The minimum absolute atomic E-state index is 0.0278. The predicted molar refractivity (Wildman–Crippen MR) is 137 cm³/mol. The Morgan fingerprint density at radius 2 is 1.51 bits per heavy atom. The molecule has 5 nitrogen and oxygen atoms in total. The molecule has 3 aromatic rings. The molecule has 1 fully saturated rings. The van der Waals surface area contributed by atoms with Crippen molar-refractivity contribution in [2.75, 3.05) is 31.5 Å². The van der Waals surface area contributed by atoms with Gasteiger partial charge in [0.2, 0.25) is 0 Å². The number of rotatable bonds is 6. The molecule has 190 valence electrons. The number of piperazine rings is 1. The highest BCUT2D eigenvalue weighted by atomic mass is 35.5. The van der Waals surface area contributed by atoms with E-state index in [0.717, 1.165) is 29.5 Å². The van der Waals surface area contributed by atoms with Gasteiger partial charge in [-0.1, -0.05) is 72.3 Å². The lowest BCUT2D eigenvalue weighted by molar-refractivity contribution is -0.137. The molecule has 0 unspecified atom stereocenters. The summed E-state index contributed by atoms with van der Waals surface area (Å²) in [5, 5.41) is 11.7. The molecule has 1 aliphatic heterocycles. The molecule has 0 aromatic heterocycles. The molecule has 1 heterocycles. The van der Waals surface area contributed by atoms with Gasteiger partial charge in [0.1, 0.15) is 11.6 Å². The van der Waals surface area contributed by atoms with E-state index < -0.39 is 22.7 Å². The summed E-state index contributed by atoms with van der Waals surface area (Å²) in [6.07, 6.45) is -3.49. The molecule has 9 heteroatoms. The van der Waals surface area contributed by atoms with Crippen molar-refractivity contribution in [3.05, 3.63) is 112 Å². The lowest BCUT2D eigenvalue weighted by Crippen LogP contribution is -2.50. The zero-order chi connectivity index (χ0) is 26.4. The Labute approximate surface area is 218 Å². The van der Waals surface area contributed by atoms with Gasteiger partial charge in [0.25, 0.3) is 5.91 Å². The van der Waals surface area contributed by atoms with Crippen LogP contribution >= 0.6 is 11.6 Å². The van der Waals surface area contributed by atoms with Gasteiger partial charge in [-0.3, -0.25) is 9.69 Å². The van der Waals surface area contributed by atoms with Gasteiger partial charge in [-0.2, -0.15) is 18.4 Å². The van der Waals surface area contributed by atoms with E-state index in [2.05, 4.69) is 34.5 Å². The summed E-state index contributed by atoms with van der Waals surface area (Å²) in [6, 6.07) is 25.5. The van der Waals surface area contributed by atoms with Crippen LogP contribution in [-0.4, -0.2) is 41.9 Å². The molecule has 1 amide bonds. The van der Waals surface area contributed by atoms with E-state index in [0.29, 0.717) is 26.2 Å². The molecule has 0 saturated carbocycles. The first-order valence-electron chi connectivity index (χ1n) is 11.6. The van der Waals surface area contributed by atoms with Crippen molar-refractivity contribution in [2.45, 2.75) is 12.2 Å². The van der Waals surface area contributed by atoms with E-state index in [4.69, 9.17) is 11.6 Å². The van der Waals surface area contributed by atoms with Crippen LogP contribution in [0.2, 0.25) is 5.02 Å². The number of carbonyl (C=O) groups excluding carboxylic acids is 1. The lowest BCUT2D eigenvalue weighted by Gasteiger charge is -2.39. The maximum absolute atomic E-state index is 13.1. The van der Waals surface area contributed by atoms with Crippen LogP contribution in [-0.2, 0) is 11.0 Å². The number of alkyl halides is 3. The third-order valence-electron chi connectivity index (χ3n) is 6.20. The zero-order valence-corrected chi connectivity index (χ0v) is 20.5. The topological polar surface area (TPSA) is 59.4 Å². The Bertz CT molecular complexity index is 1260. The van der Waals surface area contributed by atoms with Crippen LogP contribution in [0.4, 0.5) is 18.9 Å². The largest absolute Gasteiger partial charge is 0.417 e. The summed E-state index contributed by atoms with van der Waals surface area (Å²) >= 11 is 5.65. The number of nitriles is 1. The summed E-state index contributed by atoms with van der Waals surface area (Å²) < 4.78 is 39.4. The molecule has 1 N–H and O–H groups in total. The molecule has 1 aliphatic rings. The third kappa shape index (κ3) is 6.31. The molecule has 1 saturated heterocycles. The van der Waals surface area contributed by atoms with Gasteiger partial charge in [-0.25, -0.2) is 0 Å². The van der Waals surface area contributed by atoms with E-state index in [9.17, 15) is 23.2 Å². The van der Waals surface area contributed by atoms with Gasteiger partial charge < -0.3 is 10.2 Å². The number of halogens is 4. The average Bonchev–Trinajstić information content (AvgIpc) is 2.91. The highest BCUT2D eigenvalue weighted by Crippen LogP contribution is 2.36. The molecular weight excluding hydrogens is 501 g/mol. The van der Waals surface area contributed by atoms with Crippen LogP contribution in [0.5, 0.6) is 0 Å². The van der Waals surface area contributed by atoms with Gasteiger partial charge in [0.05, 0.1) is 16.6 Å². The second kappa shape index (κ2) is 11.5. The summed E-state index contributed by atoms with van der Waals surface area (Å²) in [6.45, 7) is 2.01. The zero-order valence-electron chi connectivity index (χ0n) is 19.8. The lowest BCUT2D eigenvalue weighted by atomic mass is 9.96. The van der Waals surface area contributed by atoms with Crippen molar-refractivity contribution in [3.8, 4) is 6.07 Å². The molecule has 0 spiro atoms. The van der Waals surface area contributed by atoms with E-state index in [1.165, 1.54) is 6.07 Å². The summed E-state index contributed by atoms with van der Waals surface area (Å²) in [5.41, 5.74) is 1.17. The van der Waals surface area contributed by atoms with E-state index >= 15 is 0 Å². The second-order valence-electron chi connectivity index (χ2n) is 8.56. The first-order chi connectivity index (χ1) is 17.8. The van der Waals surface area contributed by atoms with Crippen LogP contribution in [0.25, 0.3) is 0 Å². The van der Waals surface area contributed by atoms with Crippen molar-refractivity contribution in [1.82, 2.24) is 9.80 Å². The second-order valence-corrected chi connectivity index (χ2v) is 8.97. The van der Waals surface area contributed by atoms with E-state index in [-0.39, 0.29) is 17.3 Å². The van der Waals surface area contributed by atoms with Crippen LogP contribution in [0.15, 0.2) is 90.6 Å². The smallest absolute Gasteiger partial charge is 0.360 e. The van der Waals surface area contributed by atoms with E-state index in [1.807, 2.05) is 42.5 Å². The molecule has 0 radical (unpaired) electrons. The Kier molecular flexibility index (Phi) is 8.17. The Morgan fingerprint density at radius 1 is 0.946 bits per heavy atom. The van der Waals surface area contributed by atoms with Gasteiger partial charge >= 0.3 is 6.18 Å². The average molecular weight is 525 g/mol. The monoisotopic (exact) mass is 524 g/mol. The number of nitrogens with zero attached hydrogens (tertiary/aromatic N) is 3. The normalized spacial score (nSPS) is 14.9. The third-order valence-corrected chi connectivity index (χ3v) is 6.53. The molecular formula is C28H24ClF3N4O. The van der Waals surface area contributed by atoms with E-state index in [1.54, 1.807) is 4.90 Å². The van der Waals surface area contributed by atoms with Gasteiger partial charge in [0.15, 0.2) is 0 Å². The number of carbonyl (C=O) groups is 1. The van der Waals surface area contributed by atoms with Crippen molar-refractivity contribution >= 4 is 23.2 Å². The number of anilines is 1. The van der Waals surface area contributed by atoms with Gasteiger partial charge in [-0.15, -0.1) is 0 Å². The summed E-state index contributed by atoms with van der Waals surface area (Å²) in [4.78, 5) is 16.9. The number of amides is 1. The molecule has 3 aromatic carbocycles. The number of nitrogens with one attached hydrogen (secondary N) is 1. The number of hydrogen-bond donors (Lipinski definition) is 1. The fourth-order valence-electron chi connectivity index (χ4n) is 4.37. The van der Waals surface area contributed by atoms with Crippen molar-refractivity contribution in [2.24, 2.45) is 0 Å². The van der Waals surface area contributed by atoms with Crippen molar-refractivity contribution in [1.29, 1.82) is 5.26 Å². The van der Waals surface area contributed by atoms with Crippen LogP contribution in [0.3, 0.4) is 0 Å². The number of hydrogen-bond acceptors (Lipinski definition) is 4. The molecule has 37 heavy (non-hydrogen) atoms. The van der Waals surface area contributed by atoms with Crippen molar-refractivity contribution in [3.63, 3.8) is 0 Å². The maximum Gasteiger partial charge on any atom is 0.417 e. The number of benzene rings is 3. The minimum atomic E-state index is -4.62. The van der Waals surface area contributed by atoms with Gasteiger partial charge in [0, 0.05) is 38.1 Å². The summed E-state index contributed by atoms with van der Waals surface area (Å²) in [5.74, 6) is -0.476. The highest BCUT2D eigenvalue weighted by Gasteiger charge is 2.33.